The van der Waals surface area contributed by atoms with Gasteiger partial charge in [0, 0.05) is 11.9 Å². The molecule has 2 aromatic heterocycles. The number of rotatable bonds is 6. The summed E-state index contributed by atoms with van der Waals surface area (Å²) in [6.45, 7) is 3.32. The molecule has 0 atom stereocenters. The average molecular weight is 359 g/mol. The minimum atomic E-state index is 0.508. The minimum Gasteiger partial charge on any atom is -0.467 e. The Morgan fingerprint density at radius 1 is 1.04 bits per heavy atom. The minimum absolute atomic E-state index is 0.508. The Kier molecular flexibility index (Phi) is 4.61. The largest absolute Gasteiger partial charge is 0.467 e. The molecular weight excluding hydrogens is 338 g/mol. The van der Waals surface area contributed by atoms with Crippen LogP contribution in [0.1, 0.15) is 12.7 Å². The van der Waals surface area contributed by atoms with E-state index in [1.165, 1.54) is 11.7 Å². The molecule has 2 heterocycles. The third-order valence-corrected chi connectivity index (χ3v) is 4.50. The van der Waals surface area contributed by atoms with E-state index in [1.54, 1.807) is 6.26 Å². The Balaban J connectivity index is 1.71. The number of hydrogen-bond acceptors (Lipinski definition) is 6. The lowest BCUT2D eigenvalue weighted by atomic mass is 10.1. The second-order valence-electron chi connectivity index (χ2n) is 6.14. The summed E-state index contributed by atoms with van der Waals surface area (Å²) in [6.07, 6.45) is 3.18. The van der Waals surface area contributed by atoms with Gasteiger partial charge in [-0.1, -0.05) is 36.4 Å². The van der Waals surface area contributed by atoms with E-state index in [0.717, 1.165) is 23.4 Å². The van der Waals surface area contributed by atoms with Gasteiger partial charge >= 0.3 is 0 Å². The van der Waals surface area contributed by atoms with Crippen molar-refractivity contribution >= 4 is 33.8 Å². The van der Waals surface area contributed by atoms with Crippen molar-refractivity contribution in [2.24, 2.45) is 0 Å². The van der Waals surface area contributed by atoms with Gasteiger partial charge in [-0.3, -0.25) is 0 Å². The molecule has 0 aliphatic rings. The molecule has 0 spiro atoms. The molecule has 4 rings (SSSR count). The van der Waals surface area contributed by atoms with Crippen LogP contribution in [0.4, 0.5) is 23.0 Å². The van der Waals surface area contributed by atoms with Gasteiger partial charge in [0.25, 0.3) is 0 Å². The van der Waals surface area contributed by atoms with E-state index in [9.17, 15) is 0 Å². The van der Waals surface area contributed by atoms with Gasteiger partial charge in [-0.25, -0.2) is 9.97 Å². The van der Waals surface area contributed by atoms with Crippen molar-refractivity contribution in [1.29, 1.82) is 0 Å². The van der Waals surface area contributed by atoms with Gasteiger partial charge in [-0.05, 0) is 30.5 Å². The summed E-state index contributed by atoms with van der Waals surface area (Å²) in [5.74, 6) is 2.09. The van der Waals surface area contributed by atoms with Crippen LogP contribution in [0.3, 0.4) is 0 Å². The number of anilines is 4. The molecule has 0 saturated heterocycles. The highest BCUT2D eigenvalue weighted by Crippen LogP contribution is 2.35. The van der Waals surface area contributed by atoms with Crippen LogP contribution in [0.5, 0.6) is 0 Å². The maximum absolute atomic E-state index is 6.42. The first-order valence-corrected chi connectivity index (χ1v) is 8.90. The zero-order chi connectivity index (χ0) is 18.6. The lowest BCUT2D eigenvalue weighted by Gasteiger charge is -2.25. The van der Waals surface area contributed by atoms with Crippen LogP contribution < -0.4 is 16.0 Å². The lowest BCUT2D eigenvalue weighted by molar-refractivity contribution is 0.518. The smallest absolute Gasteiger partial charge is 0.161 e. The molecule has 3 N–H and O–H groups in total. The van der Waals surface area contributed by atoms with Crippen molar-refractivity contribution in [3.8, 4) is 0 Å². The third kappa shape index (κ3) is 3.29. The normalized spacial score (nSPS) is 10.9. The van der Waals surface area contributed by atoms with Crippen molar-refractivity contribution < 1.29 is 4.42 Å². The summed E-state index contributed by atoms with van der Waals surface area (Å²) in [6, 6.07) is 18.3. The van der Waals surface area contributed by atoms with E-state index < -0.39 is 0 Å². The molecule has 6 nitrogen and oxygen atoms in total. The molecule has 6 heteroatoms. The third-order valence-electron chi connectivity index (χ3n) is 4.50. The zero-order valence-electron chi connectivity index (χ0n) is 15.1. The van der Waals surface area contributed by atoms with Gasteiger partial charge in [0.2, 0.25) is 0 Å². The van der Waals surface area contributed by atoms with Gasteiger partial charge in [0.1, 0.15) is 17.8 Å². The monoisotopic (exact) mass is 359 g/mol. The Morgan fingerprint density at radius 2 is 1.89 bits per heavy atom. The highest BCUT2D eigenvalue weighted by molar-refractivity contribution is 5.97. The van der Waals surface area contributed by atoms with Gasteiger partial charge in [0.05, 0.1) is 18.5 Å². The summed E-state index contributed by atoms with van der Waals surface area (Å²) in [5, 5.41) is 5.56. The summed E-state index contributed by atoms with van der Waals surface area (Å²) in [5.41, 5.74) is 8.00. The number of fused-ring (bicyclic) bond motifs is 1. The quantitative estimate of drug-likeness (QED) is 0.525. The fourth-order valence-corrected chi connectivity index (χ4v) is 3.20. The van der Waals surface area contributed by atoms with Crippen LogP contribution in [0.2, 0.25) is 0 Å². The van der Waals surface area contributed by atoms with Crippen LogP contribution in [0.15, 0.2) is 71.6 Å². The second-order valence-corrected chi connectivity index (χ2v) is 6.14. The van der Waals surface area contributed by atoms with Crippen molar-refractivity contribution in [1.82, 2.24) is 9.97 Å². The maximum atomic E-state index is 6.42. The Hall–Kier alpha value is -3.54. The number of nitrogens with one attached hydrogen (secondary N) is 1. The van der Waals surface area contributed by atoms with Crippen LogP contribution in [0, 0.1) is 0 Å². The predicted octanol–water partition coefficient (Wildman–Crippen LogP) is 4.58. The van der Waals surface area contributed by atoms with E-state index in [1.807, 2.05) is 30.3 Å². The first-order valence-electron chi connectivity index (χ1n) is 8.90. The fourth-order valence-electron chi connectivity index (χ4n) is 3.20. The average Bonchev–Trinajstić information content (AvgIpc) is 3.23. The Morgan fingerprint density at radius 3 is 2.70 bits per heavy atom. The molecule has 0 fully saturated rings. The topological polar surface area (TPSA) is 80.2 Å². The molecule has 0 saturated carbocycles. The molecular formula is C21H21N5O. The van der Waals surface area contributed by atoms with Crippen LogP contribution in [0.25, 0.3) is 10.8 Å². The Labute approximate surface area is 157 Å². The van der Waals surface area contributed by atoms with Crippen LogP contribution in [-0.2, 0) is 6.54 Å². The number of furan rings is 1. The molecule has 0 aliphatic carbocycles. The summed E-state index contributed by atoms with van der Waals surface area (Å²) in [7, 11) is 0. The van der Waals surface area contributed by atoms with Gasteiger partial charge in [-0.15, -0.1) is 0 Å². The molecule has 0 amide bonds. The van der Waals surface area contributed by atoms with Gasteiger partial charge in [-0.2, -0.15) is 0 Å². The van der Waals surface area contributed by atoms with E-state index in [0.29, 0.717) is 23.9 Å². The van der Waals surface area contributed by atoms with Crippen molar-refractivity contribution in [2.45, 2.75) is 13.5 Å². The highest BCUT2D eigenvalue weighted by Gasteiger charge is 2.17. The molecule has 0 radical (unpaired) electrons. The van der Waals surface area contributed by atoms with E-state index >= 15 is 0 Å². The predicted molar refractivity (Wildman–Crippen MR) is 109 cm³/mol. The van der Waals surface area contributed by atoms with Gasteiger partial charge < -0.3 is 20.4 Å². The fraction of sp³-hybridized carbons (Fsp3) is 0.143. The zero-order valence-corrected chi connectivity index (χ0v) is 15.1. The number of aromatic nitrogens is 2. The van der Waals surface area contributed by atoms with Crippen molar-refractivity contribution in [3.63, 3.8) is 0 Å². The first-order chi connectivity index (χ1) is 13.3. The number of nitrogens with zero attached hydrogens (tertiary/aromatic N) is 3. The molecule has 0 unspecified atom stereocenters. The SMILES string of the molecule is CCN(c1ncnc(NCc2ccco2)c1N)c1cccc2ccccc12. The first kappa shape index (κ1) is 16.9. The van der Waals surface area contributed by atoms with E-state index in [-0.39, 0.29) is 0 Å². The molecule has 136 valence electrons. The van der Waals surface area contributed by atoms with Crippen molar-refractivity contribution in [3.05, 3.63) is 72.9 Å². The maximum Gasteiger partial charge on any atom is 0.161 e. The lowest BCUT2D eigenvalue weighted by Crippen LogP contribution is -2.20. The van der Waals surface area contributed by atoms with Gasteiger partial charge in [0.15, 0.2) is 11.6 Å². The van der Waals surface area contributed by atoms with Crippen LogP contribution in [-0.4, -0.2) is 16.5 Å². The number of nitrogens with two attached hydrogens (primary N) is 1. The summed E-state index contributed by atoms with van der Waals surface area (Å²) >= 11 is 0. The second kappa shape index (κ2) is 7.37. The molecule has 27 heavy (non-hydrogen) atoms. The highest BCUT2D eigenvalue weighted by atomic mass is 16.3. The Bertz CT molecular complexity index is 1040. The number of hydrogen-bond donors (Lipinski definition) is 2. The van der Waals surface area contributed by atoms with Crippen molar-refractivity contribution in [2.75, 3.05) is 22.5 Å². The van der Waals surface area contributed by atoms with E-state index in [4.69, 9.17) is 10.2 Å². The molecule has 0 aliphatic heterocycles. The summed E-state index contributed by atoms with van der Waals surface area (Å²) < 4.78 is 5.35. The van der Waals surface area contributed by atoms with Crippen LogP contribution >= 0.6 is 0 Å². The summed E-state index contributed by atoms with van der Waals surface area (Å²) in [4.78, 5) is 10.9. The number of nitrogen functional groups attached to an aromatic ring is 1. The standard InChI is InChI=1S/C21H21N5O/c1-2-26(18-11-5-8-15-7-3-4-10-17(15)18)21-19(22)20(24-14-25-21)23-13-16-9-6-12-27-16/h3-12,14H,2,13,22H2,1H3,(H,23,24,25). The number of benzene rings is 2. The van der Waals surface area contributed by atoms with E-state index in [2.05, 4.69) is 51.4 Å². The molecule has 0 bridgehead atoms. The molecule has 2 aromatic carbocycles. The molecule has 4 aromatic rings.